The van der Waals surface area contributed by atoms with Crippen LogP contribution in [0.1, 0.15) is 16.8 Å². The number of hydrogen-bond acceptors (Lipinski definition) is 4. The van der Waals surface area contributed by atoms with Gasteiger partial charge in [-0.15, -0.1) is 10.2 Å². The molecular formula is C28H25N5OS. The van der Waals surface area contributed by atoms with E-state index in [0.717, 1.165) is 35.6 Å². The predicted molar refractivity (Wildman–Crippen MR) is 140 cm³/mol. The largest absolute Gasteiger partial charge is 0.358 e. The summed E-state index contributed by atoms with van der Waals surface area (Å²) in [5.74, 6) is 1.20. The van der Waals surface area contributed by atoms with Gasteiger partial charge in [0.25, 0.3) is 0 Å². The highest BCUT2D eigenvalue weighted by molar-refractivity contribution is 7.99. The maximum Gasteiger partial charge on any atom is 0.233 e. The second-order valence-electron chi connectivity index (χ2n) is 8.82. The van der Waals surface area contributed by atoms with E-state index in [2.05, 4.69) is 64.6 Å². The smallest absolute Gasteiger partial charge is 0.233 e. The van der Waals surface area contributed by atoms with Gasteiger partial charge in [0.1, 0.15) is 0 Å². The molecule has 3 heterocycles. The number of benzene rings is 3. The minimum absolute atomic E-state index is 0.116. The Bertz CT molecular complexity index is 1500. The van der Waals surface area contributed by atoms with Crippen molar-refractivity contribution < 1.29 is 4.79 Å². The molecule has 5 aromatic rings. The van der Waals surface area contributed by atoms with Crippen LogP contribution in [0.2, 0.25) is 0 Å². The molecule has 174 valence electrons. The van der Waals surface area contributed by atoms with Crippen LogP contribution in [-0.2, 0) is 17.8 Å². The summed E-state index contributed by atoms with van der Waals surface area (Å²) in [7, 11) is 0. The summed E-state index contributed by atoms with van der Waals surface area (Å²) in [5, 5.41) is 10.9. The van der Waals surface area contributed by atoms with Crippen molar-refractivity contribution in [3.8, 4) is 17.1 Å². The third kappa shape index (κ3) is 4.12. The standard InChI is InChI=1S/C28H25N5OS/c1-19-11-13-21(14-12-19)33-27(20-7-3-2-4-8-20)30-31-28(33)35-18-26(34)32-16-15-25-23(17-32)22-9-5-6-10-24(22)29-25/h2-14,29H,15-18H2,1H3. The number of para-hydroxylation sites is 1. The number of nitrogens with one attached hydrogen (secondary N) is 1. The van der Waals surface area contributed by atoms with Gasteiger partial charge < -0.3 is 9.88 Å². The van der Waals surface area contributed by atoms with E-state index in [1.54, 1.807) is 0 Å². The molecule has 3 aromatic carbocycles. The Labute approximate surface area is 208 Å². The van der Waals surface area contributed by atoms with Gasteiger partial charge in [-0.1, -0.05) is 78.0 Å². The number of H-pyrrole nitrogens is 1. The van der Waals surface area contributed by atoms with Crippen molar-refractivity contribution in [1.82, 2.24) is 24.6 Å². The number of aromatic amines is 1. The van der Waals surface area contributed by atoms with Crippen molar-refractivity contribution in [2.45, 2.75) is 25.0 Å². The molecule has 2 aromatic heterocycles. The van der Waals surface area contributed by atoms with Gasteiger partial charge in [-0.3, -0.25) is 9.36 Å². The molecule has 6 nitrogen and oxygen atoms in total. The minimum atomic E-state index is 0.116. The summed E-state index contributed by atoms with van der Waals surface area (Å²) in [5.41, 5.74) is 6.78. The fourth-order valence-electron chi connectivity index (χ4n) is 4.66. The maximum atomic E-state index is 13.2. The lowest BCUT2D eigenvalue weighted by Gasteiger charge is -2.27. The number of carbonyl (C=O) groups is 1. The molecule has 1 N–H and O–H groups in total. The second kappa shape index (κ2) is 9.07. The Kier molecular flexibility index (Phi) is 5.62. The lowest BCUT2D eigenvalue weighted by Crippen LogP contribution is -2.36. The van der Waals surface area contributed by atoms with Gasteiger partial charge in [0.2, 0.25) is 5.91 Å². The zero-order chi connectivity index (χ0) is 23.8. The first kappa shape index (κ1) is 21.7. The van der Waals surface area contributed by atoms with Crippen molar-refractivity contribution in [3.05, 3.63) is 95.7 Å². The highest BCUT2D eigenvalue weighted by atomic mass is 32.2. The minimum Gasteiger partial charge on any atom is -0.358 e. The summed E-state index contributed by atoms with van der Waals surface area (Å²) in [6, 6.07) is 26.6. The number of thioether (sulfide) groups is 1. The zero-order valence-corrected chi connectivity index (χ0v) is 20.3. The Hall–Kier alpha value is -3.84. The van der Waals surface area contributed by atoms with E-state index >= 15 is 0 Å². The van der Waals surface area contributed by atoms with Crippen molar-refractivity contribution in [2.75, 3.05) is 12.3 Å². The van der Waals surface area contributed by atoms with Gasteiger partial charge >= 0.3 is 0 Å². The molecule has 1 aliphatic heterocycles. The van der Waals surface area contributed by atoms with Crippen LogP contribution in [0.3, 0.4) is 0 Å². The van der Waals surface area contributed by atoms with Crippen molar-refractivity contribution in [3.63, 3.8) is 0 Å². The fraction of sp³-hybridized carbons (Fsp3) is 0.179. The molecule has 1 aliphatic rings. The van der Waals surface area contributed by atoms with Crippen LogP contribution >= 0.6 is 11.8 Å². The number of hydrogen-bond donors (Lipinski definition) is 1. The summed E-state index contributed by atoms with van der Waals surface area (Å²) >= 11 is 1.44. The molecule has 0 aliphatic carbocycles. The molecule has 1 amide bonds. The Morgan fingerprint density at radius 1 is 0.971 bits per heavy atom. The normalized spacial score (nSPS) is 13.2. The van der Waals surface area contributed by atoms with E-state index < -0.39 is 0 Å². The molecule has 0 bridgehead atoms. The summed E-state index contributed by atoms with van der Waals surface area (Å²) in [4.78, 5) is 18.7. The molecule has 35 heavy (non-hydrogen) atoms. The van der Waals surface area contributed by atoms with E-state index in [-0.39, 0.29) is 5.91 Å². The molecule has 0 unspecified atom stereocenters. The number of rotatable bonds is 5. The summed E-state index contributed by atoms with van der Waals surface area (Å²) < 4.78 is 2.04. The van der Waals surface area contributed by atoms with E-state index in [4.69, 9.17) is 0 Å². The molecule has 0 fully saturated rings. The molecule has 0 saturated heterocycles. The number of amides is 1. The van der Waals surface area contributed by atoms with Crippen LogP contribution < -0.4 is 0 Å². The number of fused-ring (bicyclic) bond motifs is 3. The molecule has 0 radical (unpaired) electrons. The van der Waals surface area contributed by atoms with Gasteiger partial charge in [-0.25, -0.2) is 0 Å². The molecular weight excluding hydrogens is 454 g/mol. The monoisotopic (exact) mass is 479 g/mol. The van der Waals surface area contributed by atoms with Gasteiger partial charge in [-0.2, -0.15) is 0 Å². The first-order valence-electron chi connectivity index (χ1n) is 11.7. The van der Waals surface area contributed by atoms with Gasteiger partial charge in [0, 0.05) is 52.9 Å². The van der Waals surface area contributed by atoms with E-state index in [0.29, 0.717) is 17.5 Å². The highest BCUT2D eigenvalue weighted by Gasteiger charge is 2.25. The molecule has 6 rings (SSSR count). The van der Waals surface area contributed by atoms with E-state index in [1.807, 2.05) is 45.9 Å². The lowest BCUT2D eigenvalue weighted by molar-refractivity contribution is -0.129. The molecule has 7 heteroatoms. The summed E-state index contributed by atoms with van der Waals surface area (Å²) in [6.45, 7) is 3.43. The Morgan fingerprint density at radius 2 is 1.74 bits per heavy atom. The molecule has 0 saturated carbocycles. The topological polar surface area (TPSA) is 66.8 Å². The first-order valence-corrected chi connectivity index (χ1v) is 12.7. The number of carbonyl (C=O) groups excluding carboxylic acids is 1. The van der Waals surface area contributed by atoms with Gasteiger partial charge in [-0.05, 0) is 25.1 Å². The fourth-order valence-corrected chi connectivity index (χ4v) is 5.52. The predicted octanol–water partition coefficient (Wildman–Crippen LogP) is 5.40. The van der Waals surface area contributed by atoms with Gasteiger partial charge in [0.05, 0.1) is 5.75 Å². The van der Waals surface area contributed by atoms with Crippen LogP contribution in [0.5, 0.6) is 0 Å². The van der Waals surface area contributed by atoms with Crippen molar-refractivity contribution >= 4 is 28.6 Å². The average Bonchev–Trinajstić information content (AvgIpc) is 3.49. The van der Waals surface area contributed by atoms with Crippen LogP contribution in [0.4, 0.5) is 0 Å². The van der Waals surface area contributed by atoms with Crippen LogP contribution in [-0.4, -0.2) is 42.9 Å². The van der Waals surface area contributed by atoms with Crippen molar-refractivity contribution in [1.29, 1.82) is 0 Å². The van der Waals surface area contributed by atoms with Crippen LogP contribution in [0.25, 0.3) is 28.0 Å². The number of aryl methyl sites for hydroxylation is 1. The second-order valence-corrected chi connectivity index (χ2v) is 9.77. The van der Waals surface area contributed by atoms with Crippen molar-refractivity contribution in [2.24, 2.45) is 0 Å². The molecule has 0 atom stereocenters. The third-order valence-electron chi connectivity index (χ3n) is 6.52. The van der Waals surface area contributed by atoms with E-state index in [1.165, 1.54) is 34.0 Å². The third-order valence-corrected chi connectivity index (χ3v) is 7.43. The number of aromatic nitrogens is 4. The average molecular weight is 480 g/mol. The SMILES string of the molecule is Cc1ccc(-n2c(SCC(=O)N3CCc4[nH]c5ccccc5c4C3)nnc2-c2ccccc2)cc1. The maximum absolute atomic E-state index is 13.2. The highest BCUT2D eigenvalue weighted by Crippen LogP contribution is 2.30. The molecule has 0 spiro atoms. The first-order chi connectivity index (χ1) is 17.2. The van der Waals surface area contributed by atoms with E-state index in [9.17, 15) is 4.79 Å². The summed E-state index contributed by atoms with van der Waals surface area (Å²) in [6.07, 6.45) is 0.845. The van der Waals surface area contributed by atoms with Gasteiger partial charge in [0.15, 0.2) is 11.0 Å². The van der Waals surface area contributed by atoms with Crippen LogP contribution in [0, 0.1) is 6.92 Å². The Morgan fingerprint density at radius 3 is 2.57 bits per heavy atom. The number of nitrogens with zero attached hydrogens (tertiary/aromatic N) is 4. The lowest BCUT2D eigenvalue weighted by atomic mass is 10.0. The quantitative estimate of drug-likeness (QED) is 0.343. The zero-order valence-electron chi connectivity index (χ0n) is 19.4. The van der Waals surface area contributed by atoms with Crippen LogP contribution in [0.15, 0.2) is 84.0 Å². The Balaban J connectivity index is 1.25.